The monoisotopic (exact) mass is 166 g/mol. The third kappa shape index (κ3) is 1.03. The normalized spacial score (nSPS) is 51.4. The molecule has 0 aromatic carbocycles. The molecule has 2 rings (SSSR count). The summed E-state index contributed by atoms with van der Waals surface area (Å²) in [6, 6.07) is 0. The molecule has 0 aromatic rings. The molecule has 2 fully saturated rings. The van der Waals surface area contributed by atoms with Gasteiger partial charge in [0.1, 0.15) is 0 Å². The second kappa shape index (κ2) is 2.35. The lowest BCUT2D eigenvalue weighted by Crippen LogP contribution is -2.29. The van der Waals surface area contributed by atoms with Crippen molar-refractivity contribution >= 4 is 0 Å². The van der Waals surface area contributed by atoms with Gasteiger partial charge in [-0.2, -0.15) is 0 Å². The number of aliphatic hydroxyl groups is 1. The minimum atomic E-state index is -0.0713. The van der Waals surface area contributed by atoms with Gasteiger partial charge in [-0.05, 0) is 43.4 Å². The smallest absolute Gasteiger partial charge is 0.0602 e. The average molecular weight is 166 g/mol. The minimum Gasteiger partial charge on any atom is -0.393 e. The van der Waals surface area contributed by atoms with Gasteiger partial charge in [-0.1, -0.05) is 19.1 Å². The van der Waals surface area contributed by atoms with Crippen LogP contribution in [-0.4, -0.2) is 11.2 Å². The van der Waals surface area contributed by atoms with Gasteiger partial charge in [0.15, 0.2) is 0 Å². The van der Waals surface area contributed by atoms with Gasteiger partial charge in [0.25, 0.3) is 0 Å². The fourth-order valence-corrected chi connectivity index (χ4v) is 2.61. The molecular weight excluding hydrogens is 148 g/mol. The van der Waals surface area contributed by atoms with Crippen molar-refractivity contribution in [3.05, 3.63) is 12.2 Å². The predicted molar refractivity (Wildman–Crippen MR) is 49.8 cm³/mol. The van der Waals surface area contributed by atoms with Crippen molar-refractivity contribution in [1.29, 1.82) is 0 Å². The zero-order chi connectivity index (χ0) is 8.93. The van der Waals surface area contributed by atoms with Gasteiger partial charge < -0.3 is 5.11 Å². The molecular formula is C11H18O. The Morgan fingerprint density at radius 1 is 1.50 bits per heavy atom. The molecule has 1 N–H and O–H groups in total. The molecule has 68 valence electrons. The van der Waals surface area contributed by atoms with Crippen LogP contribution in [0.25, 0.3) is 0 Å². The summed E-state index contributed by atoms with van der Waals surface area (Å²) in [5.41, 5.74) is 1.54. The van der Waals surface area contributed by atoms with E-state index in [2.05, 4.69) is 20.4 Å². The van der Waals surface area contributed by atoms with Gasteiger partial charge in [-0.25, -0.2) is 0 Å². The summed E-state index contributed by atoms with van der Waals surface area (Å²) in [4.78, 5) is 0. The molecule has 4 atom stereocenters. The molecule has 0 heterocycles. The van der Waals surface area contributed by atoms with E-state index >= 15 is 0 Å². The van der Waals surface area contributed by atoms with E-state index in [9.17, 15) is 5.11 Å². The summed E-state index contributed by atoms with van der Waals surface area (Å²) in [6.45, 7) is 8.28. The maximum absolute atomic E-state index is 9.86. The Bertz CT molecular complexity index is 221. The van der Waals surface area contributed by atoms with Crippen LogP contribution in [0.5, 0.6) is 0 Å². The number of aliphatic hydroxyl groups excluding tert-OH is 1. The first kappa shape index (κ1) is 8.31. The summed E-state index contributed by atoms with van der Waals surface area (Å²) >= 11 is 0. The molecule has 0 aliphatic heterocycles. The van der Waals surface area contributed by atoms with Gasteiger partial charge in [0.2, 0.25) is 0 Å². The van der Waals surface area contributed by atoms with E-state index in [1.807, 2.05) is 0 Å². The summed E-state index contributed by atoms with van der Waals surface area (Å²) in [5.74, 6) is 1.36. The molecule has 2 aliphatic carbocycles. The Kier molecular flexibility index (Phi) is 1.63. The van der Waals surface area contributed by atoms with E-state index in [-0.39, 0.29) is 11.5 Å². The summed E-state index contributed by atoms with van der Waals surface area (Å²) in [7, 11) is 0. The minimum absolute atomic E-state index is 0.0713. The van der Waals surface area contributed by atoms with Crippen LogP contribution in [0.4, 0.5) is 0 Å². The highest BCUT2D eigenvalue weighted by Gasteiger charge is 2.58. The number of allylic oxidation sites excluding steroid dienone is 1. The largest absolute Gasteiger partial charge is 0.393 e. The van der Waals surface area contributed by atoms with Crippen LogP contribution in [0.15, 0.2) is 12.2 Å². The molecule has 2 saturated carbocycles. The van der Waals surface area contributed by atoms with Crippen molar-refractivity contribution in [2.45, 2.75) is 39.2 Å². The molecule has 1 heteroatoms. The lowest BCUT2D eigenvalue weighted by Gasteiger charge is -2.31. The van der Waals surface area contributed by atoms with Crippen LogP contribution >= 0.6 is 0 Å². The molecule has 12 heavy (non-hydrogen) atoms. The summed E-state index contributed by atoms with van der Waals surface area (Å²) in [5, 5.41) is 9.86. The van der Waals surface area contributed by atoms with E-state index in [4.69, 9.17) is 0 Å². The number of hydrogen-bond donors (Lipinski definition) is 1. The van der Waals surface area contributed by atoms with Crippen molar-refractivity contribution in [2.24, 2.45) is 17.3 Å². The predicted octanol–water partition coefficient (Wildman–Crippen LogP) is 2.36. The van der Waals surface area contributed by atoms with Crippen molar-refractivity contribution < 1.29 is 5.11 Å². The first-order valence-corrected chi connectivity index (χ1v) is 4.87. The Labute approximate surface area is 74.5 Å². The van der Waals surface area contributed by atoms with E-state index in [0.29, 0.717) is 5.92 Å². The summed E-state index contributed by atoms with van der Waals surface area (Å²) < 4.78 is 0. The number of hydrogen-bond acceptors (Lipinski definition) is 1. The number of rotatable bonds is 1. The SMILES string of the molecule is C=C(C)C1CC(O)C2(C)CC2C1. The van der Waals surface area contributed by atoms with Crippen molar-refractivity contribution in [3.63, 3.8) is 0 Å². The first-order valence-electron chi connectivity index (χ1n) is 4.87. The average Bonchev–Trinajstić information content (AvgIpc) is 2.62. The molecule has 4 unspecified atom stereocenters. The van der Waals surface area contributed by atoms with Crippen LogP contribution in [-0.2, 0) is 0 Å². The van der Waals surface area contributed by atoms with E-state index in [1.165, 1.54) is 18.4 Å². The topological polar surface area (TPSA) is 20.2 Å². The molecule has 0 spiro atoms. The van der Waals surface area contributed by atoms with Crippen molar-refractivity contribution in [2.75, 3.05) is 0 Å². The maximum Gasteiger partial charge on any atom is 0.0602 e. The van der Waals surface area contributed by atoms with Crippen LogP contribution in [0.2, 0.25) is 0 Å². The quantitative estimate of drug-likeness (QED) is 0.593. The lowest BCUT2D eigenvalue weighted by atomic mass is 9.78. The van der Waals surface area contributed by atoms with Gasteiger partial charge >= 0.3 is 0 Å². The van der Waals surface area contributed by atoms with Gasteiger partial charge in [-0.3, -0.25) is 0 Å². The standard InChI is InChI=1S/C11H18O/c1-7(2)8-4-9-6-11(9,3)10(12)5-8/h8-10,12H,1,4-6H2,2-3H3. The van der Waals surface area contributed by atoms with Crippen LogP contribution < -0.4 is 0 Å². The third-order valence-electron chi connectivity index (χ3n) is 3.99. The zero-order valence-corrected chi connectivity index (χ0v) is 8.01. The first-order chi connectivity index (χ1) is 5.54. The Hall–Kier alpha value is -0.300. The van der Waals surface area contributed by atoms with Gasteiger partial charge in [0, 0.05) is 0 Å². The van der Waals surface area contributed by atoms with Crippen LogP contribution in [0.3, 0.4) is 0 Å². The van der Waals surface area contributed by atoms with E-state index < -0.39 is 0 Å². The van der Waals surface area contributed by atoms with Crippen LogP contribution in [0.1, 0.15) is 33.1 Å². The highest BCUT2D eigenvalue weighted by molar-refractivity contribution is 5.13. The fourth-order valence-electron chi connectivity index (χ4n) is 2.61. The van der Waals surface area contributed by atoms with Crippen molar-refractivity contribution in [1.82, 2.24) is 0 Å². The fraction of sp³-hybridized carbons (Fsp3) is 0.818. The molecule has 0 bridgehead atoms. The molecule has 0 saturated heterocycles. The lowest BCUT2D eigenvalue weighted by molar-refractivity contribution is 0.0485. The highest BCUT2D eigenvalue weighted by atomic mass is 16.3. The molecule has 2 aliphatic rings. The van der Waals surface area contributed by atoms with Crippen molar-refractivity contribution in [3.8, 4) is 0 Å². The third-order valence-corrected chi connectivity index (χ3v) is 3.99. The van der Waals surface area contributed by atoms with E-state index in [1.54, 1.807) is 0 Å². The molecule has 1 nitrogen and oxygen atoms in total. The molecule has 0 aromatic heterocycles. The summed E-state index contributed by atoms with van der Waals surface area (Å²) in [6.07, 6.45) is 3.38. The zero-order valence-electron chi connectivity index (χ0n) is 8.01. The Balaban J connectivity index is 2.06. The second-order valence-corrected chi connectivity index (χ2v) is 4.94. The van der Waals surface area contributed by atoms with Crippen LogP contribution in [0, 0.1) is 17.3 Å². The highest BCUT2D eigenvalue weighted by Crippen LogP contribution is 2.62. The van der Waals surface area contributed by atoms with Gasteiger partial charge in [-0.15, -0.1) is 0 Å². The van der Waals surface area contributed by atoms with Gasteiger partial charge in [0.05, 0.1) is 6.10 Å². The molecule has 0 radical (unpaired) electrons. The number of fused-ring (bicyclic) bond motifs is 1. The van der Waals surface area contributed by atoms with E-state index in [0.717, 1.165) is 12.3 Å². The second-order valence-electron chi connectivity index (χ2n) is 4.94. The Morgan fingerprint density at radius 2 is 2.17 bits per heavy atom. The Morgan fingerprint density at radius 3 is 2.67 bits per heavy atom. The maximum atomic E-state index is 9.86. The molecule has 0 amide bonds.